The van der Waals surface area contributed by atoms with Crippen molar-refractivity contribution in [3.05, 3.63) is 35.4 Å². The first-order chi connectivity index (χ1) is 9.35. The second-order valence-corrected chi connectivity index (χ2v) is 4.99. The van der Waals surface area contributed by atoms with E-state index in [-0.39, 0.29) is 0 Å². The van der Waals surface area contributed by atoms with Crippen molar-refractivity contribution >= 4 is 5.96 Å². The largest absolute Gasteiger partial charge is 0.357 e. The van der Waals surface area contributed by atoms with Crippen LogP contribution in [0.15, 0.2) is 29.3 Å². The molecule has 1 aromatic carbocycles. The summed E-state index contributed by atoms with van der Waals surface area (Å²) in [6, 6.07) is 8.61. The van der Waals surface area contributed by atoms with Crippen LogP contribution in [0.3, 0.4) is 0 Å². The van der Waals surface area contributed by atoms with Gasteiger partial charge in [-0.3, -0.25) is 0 Å². The second kappa shape index (κ2) is 7.17. The minimum absolute atomic E-state index is 0.781. The molecule has 0 aliphatic carbocycles. The highest BCUT2D eigenvalue weighted by atomic mass is 15.3. The van der Waals surface area contributed by atoms with E-state index in [9.17, 15) is 0 Å². The minimum Gasteiger partial charge on any atom is -0.357 e. The quantitative estimate of drug-likeness (QED) is 0.665. The standard InChI is InChI=1S/C16H25N3/c1-3-14-9-5-6-10-15(14)13-18-16(17-4-2)19-11-7-8-12-19/h5-6,9-10H,3-4,7-8,11-13H2,1-2H3,(H,17,18). The minimum atomic E-state index is 0.781. The Labute approximate surface area is 116 Å². The van der Waals surface area contributed by atoms with E-state index >= 15 is 0 Å². The molecule has 1 aromatic rings. The number of benzene rings is 1. The Morgan fingerprint density at radius 2 is 1.84 bits per heavy atom. The molecule has 3 nitrogen and oxygen atoms in total. The number of likely N-dealkylation sites (tertiary alicyclic amines) is 1. The number of nitrogens with zero attached hydrogens (tertiary/aromatic N) is 2. The molecule has 0 aromatic heterocycles. The zero-order valence-corrected chi connectivity index (χ0v) is 12.2. The zero-order chi connectivity index (χ0) is 13.5. The third-order valence-electron chi connectivity index (χ3n) is 3.64. The molecule has 0 bridgehead atoms. The zero-order valence-electron chi connectivity index (χ0n) is 12.2. The molecule has 1 N–H and O–H groups in total. The lowest BCUT2D eigenvalue weighted by Gasteiger charge is -2.20. The van der Waals surface area contributed by atoms with Crippen LogP contribution in [0, 0.1) is 0 Å². The summed E-state index contributed by atoms with van der Waals surface area (Å²) < 4.78 is 0. The third kappa shape index (κ3) is 3.72. The number of aliphatic imine (C=N–C) groups is 1. The second-order valence-electron chi connectivity index (χ2n) is 4.99. The number of nitrogens with one attached hydrogen (secondary N) is 1. The van der Waals surface area contributed by atoms with E-state index in [1.54, 1.807) is 0 Å². The van der Waals surface area contributed by atoms with Gasteiger partial charge in [0.1, 0.15) is 0 Å². The average molecular weight is 259 g/mol. The van der Waals surface area contributed by atoms with Crippen molar-refractivity contribution in [3.63, 3.8) is 0 Å². The summed E-state index contributed by atoms with van der Waals surface area (Å²) in [5, 5.41) is 3.41. The van der Waals surface area contributed by atoms with Gasteiger partial charge in [0.15, 0.2) is 5.96 Å². The fraction of sp³-hybridized carbons (Fsp3) is 0.562. The number of rotatable bonds is 4. The first-order valence-corrected chi connectivity index (χ1v) is 7.45. The molecule has 0 unspecified atom stereocenters. The van der Waals surface area contributed by atoms with Gasteiger partial charge < -0.3 is 10.2 Å². The predicted octanol–water partition coefficient (Wildman–Crippen LogP) is 2.81. The van der Waals surface area contributed by atoms with E-state index in [0.717, 1.165) is 38.6 Å². The molecular weight excluding hydrogens is 234 g/mol. The van der Waals surface area contributed by atoms with Crippen molar-refractivity contribution in [3.8, 4) is 0 Å². The highest BCUT2D eigenvalue weighted by molar-refractivity contribution is 5.80. The maximum atomic E-state index is 4.81. The Morgan fingerprint density at radius 3 is 2.47 bits per heavy atom. The predicted molar refractivity (Wildman–Crippen MR) is 81.4 cm³/mol. The molecule has 1 saturated heterocycles. The first kappa shape index (κ1) is 13.9. The van der Waals surface area contributed by atoms with E-state index in [1.165, 1.54) is 24.0 Å². The Morgan fingerprint density at radius 1 is 1.16 bits per heavy atom. The van der Waals surface area contributed by atoms with Gasteiger partial charge in [-0.05, 0) is 37.3 Å². The van der Waals surface area contributed by atoms with E-state index < -0.39 is 0 Å². The molecule has 0 saturated carbocycles. The lowest BCUT2D eigenvalue weighted by atomic mass is 10.1. The maximum Gasteiger partial charge on any atom is 0.194 e. The van der Waals surface area contributed by atoms with Gasteiger partial charge in [0.05, 0.1) is 6.54 Å². The molecule has 1 fully saturated rings. The Bertz CT molecular complexity index is 420. The number of aryl methyl sites for hydroxylation is 1. The van der Waals surface area contributed by atoms with Crippen LogP contribution in [-0.4, -0.2) is 30.5 Å². The Hall–Kier alpha value is -1.51. The summed E-state index contributed by atoms with van der Waals surface area (Å²) in [5.41, 5.74) is 2.75. The van der Waals surface area contributed by atoms with Gasteiger partial charge in [-0.2, -0.15) is 0 Å². The topological polar surface area (TPSA) is 27.6 Å². The summed E-state index contributed by atoms with van der Waals surface area (Å²) in [6.45, 7) is 8.33. The van der Waals surface area contributed by atoms with Gasteiger partial charge in [0.2, 0.25) is 0 Å². The van der Waals surface area contributed by atoms with Crippen molar-refractivity contribution < 1.29 is 0 Å². The van der Waals surface area contributed by atoms with Crippen molar-refractivity contribution in [1.29, 1.82) is 0 Å². The van der Waals surface area contributed by atoms with Crippen LogP contribution in [0.2, 0.25) is 0 Å². The number of hydrogen-bond donors (Lipinski definition) is 1. The van der Waals surface area contributed by atoms with Crippen LogP contribution in [0.1, 0.15) is 37.8 Å². The SMILES string of the molecule is CCNC(=NCc1ccccc1CC)N1CCCC1. The third-order valence-corrected chi connectivity index (χ3v) is 3.64. The molecule has 1 aliphatic heterocycles. The van der Waals surface area contributed by atoms with Crippen LogP contribution in [0.4, 0.5) is 0 Å². The van der Waals surface area contributed by atoms with Crippen molar-refractivity contribution in [2.24, 2.45) is 4.99 Å². The Balaban J connectivity index is 2.08. The van der Waals surface area contributed by atoms with Gasteiger partial charge in [-0.15, -0.1) is 0 Å². The monoisotopic (exact) mass is 259 g/mol. The molecule has 0 spiro atoms. The van der Waals surface area contributed by atoms with Crippen LogP contribution >= 0.6 is 0 Å². The summed E-state index contributed by atoms with van der Waals surface area (Å²) >= 11 is 0. The van der Waals surface area contributed by atoms with Gasteiger partial charge in [-0.1, -0.05) is 31.2 Å². The van der Waals surface area contributed by atoms with Crippen molar-refractivity contribution in [2.45, 2.75) is 39.7 Å². The lowest BCUT2D eigenvalue weighted by Crippen LogP contribution is -2.39. The molecule has 1 aliphatic rings. The average Bonchev–Trinajstić information content (AvgIpc) is 2.97. The first-order valence-electron chi connectivity index (χ1n) is 7.45. The Kier molecular flexibility index (Phi) is 5.25. The van der Waals surface area contributed by atoms with Crippen molar-refractivity contribution in [2.75, 3.05) is 19.6 Å². The molecule has 3 heteroatoms. The molecular formula is C16H25N3. The molecule has 1 heterocycles. The van der Waals surface area contributed by atoms with E-state index in [1.807, 2.05) is 0 Å². The molecule has 2 rings (SSSR count). The van der Waals surface area contributed by atoms with Gasteiger partial charge in [0, 0.05) is 19.6 Å². The van der Waals surface area contributed by atoms with Crippen LogP contribution in [0.25, 0.3) is 0 Å². The highest BCUT2D eigenvalue weighted by Crippen LogP contribution is 2.12. The summed E-state index contributed by atoms with van der Waals surface area (Å²) in [5.74, 6) is 1.07. The van der Waals surface area contributed by atoms with Crippen molar-refractivity contribution in [1.82, 2.24) is 10.2 Å². The molecule has 19 heavy (non-hydrogen) atoms. The van der Waals surface area contributed by atoms with Crippen LogP contribution in [-0.2, 0) is 13.0 Å². The maximum absolute atomic E-state index is 4.81. The van der Waals surface area contributed by atoms with Gasteiger partial charge >= 0.3 is 0 Å². The molecule has 0 radical (unpaired) electrons. The van der Waals surface area contributed by atoms with E-state index in [0.29, 0.717) is 0 Å². The smallest absolute Gasteiger partial charge is 0.194 e. The summed E-state index contributed by atoms with van der Waals surface area (Å²) in [6.07, 6.45) is 3.65. The van der Waals surface area contributed by atoms with Crippen LogP contribution < -0.4 is 5.32 Å². The molecule has 0 atom stereocenters. The van der Waals surface area contributed by atoms with Crippen LogP contribution in [0.5, 0.6) is 0 Å². The van der Waals surface area contributed by atoms with E-state index in [4.69, 9.17) is 4.99 Å². The van der Waals surface area contributed by atoms with E-state index in [2.05, 4.69) is 48.3 Å². The normalized spacial score (nSPS) is 15.9. The lowest BCUT2D eigenvalue weighted by molar-refractivity contribution is 0.493. The van der Waals surface area contributed by atoms with Gasteiger partial charge in [-0.25, -0.2) is 4.99 Å². The molecule has 0 amide bonds. The number of guanidine groups is 1. The summed E-state index contributed by atoms with van der Waals surface area (Å²) in [4.78, 5) is 7.18. The van der Waals surface area contributed by atoms with Gasteiger partial charge in [0.25, 0.3) is 0 Å². The summed E-state index contributed by atoms with van der Waals surface area (Å²) in [7, 11) is 0. The number of hydrogen-bond acceptors (Lipinski definition) is 1. The molecule has 104 valence electrons. The highest BCUT2D eigenvalue weighted by Gasteiger charge is 2.15. The fourth-order valence-electron chi connectivity index (χ4n) is 2.57. The fourth-order valence-corrected chi connectivity index (χ4v) is 2.57.